The number of carbonyl (C=O) groups is 1. The summed E-state index contributed by atoms with van der Waals surface area (Å²) in [4.78, 5) is 13.2. The molecule has 1 amide bonds. The van der Waals surface area contributed by atoms with Crippen LogP contribution in [0.1, 0.15) is 23.0 Å². The molecule has 3 aromatic rings. The van der Waals surface area contributed by atoms with E-state index in [0.717, 1.165) is 22.7 Å². The summed E-state index contributed by atoms with van der Waals surface area (Å²) < 4.78 is 7.06. The molecule has 150 valence electrons. The number of fused-ring (bicyclic) bond motifs is 1. The maximum Gasteiger partial charge on any atom is 0.240 e. The Morgan fingerprint density at radius 3 is 2.66 bits per heavy atom. The lowest BCUT2D eigenvalue weighted by atomic mass is 10.0. The zero-order valence-corrected chi connectivity index (χ0v) is 17.7. The number of aromatic nitrogens is 3. The van der Waals surface area contributed by atoms with Crippen molar-refractivity contribution in [3.63, 3.8) is 0 Å². The highest BCUT2D eigenvalue weighted by Crippen LogP contribution is 2.38. The summed E-state index contributed by atoms with van der Waals surface area (Å²) in [6.45, 7) is 3.79. The van der Waals surface area contributed by atoms with Crippen molar-refractivity contribution in [1.29, 1.82) is 0 Å². The molecule has 1 aromatic heterocycles. The van der Waals surface area contributed by atoms with Crippen LogP contribution in [-0.4, -0.2) is 33.1 Å². The zero-order valence-electron chi connectivity index (χ0n) is 16.1. The molecule has 0 spiro atoms. The Kier molecular flexibility index (Phi) is 5.38. The van der Waals surface area contributed by atoms with Gasteiger partial charge in [-0.1, -0.05) is 41.6 Å². The number of aryl methyl sites for hydroxylation is 2. The Morgan fingerprint density at radius 1 is 1.21 bits per heavy atom. The number of methoxy groups -OCH3 is 1. The second kappa shape index (κ2) is 7.96. The number of rotatable bonds is 4. The van der Waals surface area contributed by atoms with E-state index in [0.29, 0.717) is 15.9 Å². The Labute approximate surface area is 177 Å². The van der Waals surface area contributed by atoms with Gasteiger partial charge >= 0.3 is 0 Å². The molecule has 0 bridgehead atoms. The van der Waals surface area contributed by atoms with Crippen LogP contribution >= 0.6 is 23.4 Å². The van der Waals surface area contributed by atoms with Crippen molar-refractivity contribution in [3.8, 4) is 5.75 Å². The Hall–Kier alpha value is -2.71. The van der Waals surface area contributed by atoms with Crippen LogP contribution in [-0.2, 0) is 4.79 Å². The van der Waals surface area contributed by atoms with E-state index in [2.05, 4.69) is 20.9 Å². The van der Waals surface area contributed by atoms with E-state index in [-0.39, 0.29) is 11.9 Å². The van der Waals surface area contributed by atoms with E-state index in [1.165, 1.54) is 11.8 Å². The summed E-state index contributed by atoms with van der Waals surface area (Å²) in [5.74, 6) is 1.35. The first kappa shape index (κ1) is 19.6. The molecule has 0 unspecified atom stereocenters. The van der Waals surface area contributed by atoms with Gasteiger partial charge in [-0.3, -0.25) is 4.79 Å². The highest BCUT2D eigenvalue weighted by Gasteiger charge is 2.37. The van der Waals surface area contributed by atoms with Crippen LogP contribution < -0.4 is 15.5 Å². The van der Waals surface area contributed by atoms with Gasteiger partial charge in [-0.2, -0.15) is 0 Å². The number of anilines is 1. The lowest BCUT2D eigenvalue weighted by Crippen LogP contribution is -2.41. The topological polar surface area (TPSA) is 81.1 Å². The van der Waals surface area contributed by atoms with Crippen molar-refractivity contribution in [1.82, 2.24) is 14.9 Å². The van der Waals surface area contributed by atoms with Crippen molar-refractivity contribution < 1.29 is 9.53 Å². The van der Waals surface area contributed by atoms with E-state index in [1.807, 2.05) is 54.9 Å². The number of carbonyl (C=O) groups excluding carboxylic acids is 1. The molecule has 2 aromatic carbocycles. The monoisotopic (exact) mass is 429 g/mol. The van der Waals surface area contributed by atoms with Gasteiger partial charge < -0.3 is 15.5 Å². The number of thioether (sulfide) groups is 1. The molecule has 2 heterocycles. The average molecular weight is 430 g/mol. The second-order valence-electron chi connectivity index (χ2n) is 6.74. The molecular weight excluding hydrogens is 410 g/mol. The van der Waals surface area contributed by atoms with Crippen LogP contribution in [0.5, 0.6) is 5.75 Å². The van der Waals surface area contributed by atoms with Crippen LogP contribution in [0.25, 0.3) is 0 Å². The molecule has 9 heteroatoms. The first-order valence-electron chi connectivity index (χ1n) is 9.02. The predicted molar refractivity (Wildman–Crippen MR) is 114 cm³/mol. The SMILES string of the molecule is COc1ccc([C@H]2Nn3c(C)nnc3S[C@H]2C(=O)Nc2ccc(C)c(Cl)c2)cc1. The molecule has 2 atom stereocenters. The smallest absolute Gasteiger partial charge is 0.240 e. The number of halogens is 1. The van der Waals surface area contributed by atoms with Crippen LogP contribution in [0, 0.1) is 13.8 Å². The van der Waals surface area contributed by atoms with E-state index in [1.54, 1.807) is 13.2 Å². The van der Waals surface area contributed by atoms with Gasteiger partial charge in [0.15, 0.2) is 0 Å². The van der Waals surface area contributed by atoms with E-state index >= 15 is 0 Å². The minimum absolute atomic E-state index is 0.143. The van der Waals surface area contributed by atoms with Crippen molar-refractivity contribution in [3.05, 3.63) is 64.4 Å². The van der Waals surface area contributed by atoms with E-state index in [4.69, 9.17) is 16.3 Å². The third kappa shape index (κ3) is 3.90. The van der Waals surface area contributed by atoms with Gasteiger partial charge in [0.05, 0.1) is 13.2 Å². The van der Waals surface area contributed by atoms with Crippen molar-refractivity contribution in [2.45, 2.75) is 30.3 Å². The van der Waals surface area contributed by atoms with Gasteiger partial charge in [0.2, 0.25) is 11.1 Å². The summed E-state index contributed by atoms with van der Waals surface area (Å²) in [6.07, 6.45) is 0. The molecule has 4 rings (SSSR count). The van der Waals surface area contributed by atoms with Gasteiger partial charge in [0.25, 0.3) is 0 Å². The predicted octanol–water partition coefficient (Wildman–Crippen LogP) is 3.95. The molecule has 7 nitrogen and oxygen atoms in total. The van der Waals surface area contributed by atoms with Crippen molar-refractivity contribution in [2.24, 2.45) is 0 Å². The Morgan fingerprint density at radius 2 is 1.97 bits per heavy atom. The largest absolute Gasteiger partial charge is 0.497 e. The third-order valence-corrected chi connectivity index (χ3v) is 6.39. The summed E-state index contributed by atoms with van der Waals surface area (Å²) in [7, 11) is 1.62. The third-order valence-electron chi connectivity index (χ3n) is 4.77. The maximum absolute atomic E-state index is 13.2. The molecule has 2 N–H and O–H groups in total. The van der Waals surface area contributed by atoms with Crippen LogP contribution in [0.2, 0.25) is 5.02 Å². The van der Waals surface area contributed by atoms with Crippen LogP contribution in [0.3, 0.4) is 0 Å². The first-order chi connectivity index (χ1) is 14.0. The van der Waals surface area contributed by atoms with Gasteiger partial charge in [0.1, 0.15) is 16.8 Å². The molecule has 0 radical (unpaired) electrons. The van der Waals surface area contributed by atoms with E-state index in [9.17, 15) is 4.79 Å². The average Bonchev–Trinajstić information content (AvgIpc) is 3.10. The highest BCUT2D eigenvalue weighted by molar-refractivity contribution is 8.00. The van der Waals surface area contributed by atoms with Gasteiger partial charge in [0, 0.05) is 10.7 Å². The maximum atomic E-state index is 13.2. The fourth-order valence-corrected chi connectivity index (χ4v) is 4.41. The number of nitrogens with one attached hydrogen (secondary N) is 2. The quantitative estimate of drug-likeness (QED) is 0.653. The minimum Gasteiger partial charge on any atom is -0.497 e. The lowest BCUT2D eigenvalue weighted by molar-refractivity contribution is -0.116. The number of ether oxygens (including phenoxy) is 1. The number of nitrogens with zero attached hydrogens (tertiary/aromatic N) is 3. The fraction of sp³-hybridized carbons (Fsp3) is 0.250. The summed E-state index contributed by atoms with van der Waals surface area (Å²) >= 11 is 7.58. The van der Waals surface area contributed by atoms with Crippen molar-refractivity contribution >= 4 is 35.0 Å². The summed E-state index contributed by atoms with van der Waals surface area (Å²) in [5.41, 5.74) is 5.95. The molecule has 0 fully saturated rings. The number of amides is 1. The first-order valence-corrected chi connectivity index (χ1v) is 10.3. The van der Waals surface area contributed by atoms with Gasteiger partial charge in [-0.05, 0) is 49.2 Å². The lowest BCUT2D eigenvalue weighted by Gasteiger charge is -2.32. The second-order valence-corrected chi connectivity index (χ2v) is 8.25. The Balaban J connectivity index is 1.65. The molecule has 0 saturated carbocycles. The number of hydrogen-bond acceptors (Lipinski definition) is 6. The minimum atomic E-state index is -0.459. The van der Waals surface area contributed by atoms with Crippen LogP contribution in [0.4, 0.5) is 5.69 Å². The molecular formula is C20H20ClN5O2S. The normalized spacial score (nSPS) is 17.9. The standard InChI is InChI=1S/C20H20ClN5O2S/c1-11-4-7-14(10-16(11)21)22-19(27)18-17(13-5-8-15(28-3)9-6-13)25-26-12(2)23-24-20(26)29-18/h4-10,17-18,25H,1-3H3,(H,22,27)/t17-,18-/m1/s1. The fourth-order valence-electron chi connectivity index (χ4n) is 3.11. The Bertz CT molecular complexity index is 1050. The molecule has 1 aliphatic rings. The number of benzene rings is 2. The van der Waals surface area contributed by atoms with E-state index < -0.39 is 5.25 Å². The highest BCUT2D eigenvalue weighted by atomic mass is 35.5. The van der Waals surface area contributed by atoms with Gasteiger partial charge in [-0.15, -0.1) is 10.2 Å². The zero-order chi connectivity index (χ0) is 20.5. The van der Waals surface area contributed by atoms with Gasteiger partial charge in [-0.25, -0.2) is 4.68 Å². The molecule has 0 saturated heterocycles. The summed E-state index contributed by atoms with van der Waals surface area (Å²) in [5, 5.41) is 12.1. The molecule has 0 aliphatic carbocycles. The molecule has 29 heavy (non-hydrogen) atoms. The summed E-state index contributed by atoms with van der Waals surface area (Å²) in [6, 6.07) is 12.9. The molecule has 1 aliphatic heterocycles. The van der Waals surface area contributed by atoms with Crippen LogP contribution in [0.15, 0.2) is 47.6 Å². The number of hydrogen-bond donors (Lipinski definition) is 2. The van der Waals surface area contributed by atoms with Crippen molar-refractivity contribution in [2.75, 3.05) is 17.9 Å².